The molecular formula is C10H8N2Na2O6S2. The zero-order valence-electron chi connectivity index (χ0n) is 11.7. The van der Waals surface area contributed by atoms with Gasteiger partial charge in [0.05, 0.1) is 21.2 Å². The molecule has 2 rings (SSSR count). The van der Waals surface area contributed by atoms with Gasteiger partial charge in [-0.3, -0.25) is 0 Å². The maximum Gasteiger partial charge on any atom is 1.00 e. The Morgan fingerprint density at radius 1 is 0.818 bits per heavy atom. The van der Waals surface area contributed by atoms with Crippen LogP contribution in [0.25, 0.3) is 10.8 Å². The summed E-state index contributed by atoms with van der Waals surface area (Å²) in [6, 6.07) is 3.89. The molecule has 0 bridgehead atoms. The summed E-state index contributed by atoms with van der Waals surface area (Å²) in [4.78, 5) is -1.70. The molecule has 2 aromatic carbocycles. The van der Waals surface area contributed by atoms with Crippen LogP contribution in [0.4, 0.5) is 11.4 Å². The van der Waals surface area contributed by atoms with Crippen LogP contribution in [0.5, 0.6) is 0 Å². The summed E-state index contributed by atoms with van der Waals surface area (Å²) in [6.45, 7) is 0. The average Bonchev–Trinajstić information content (AvgIpc) is 2.30. The first-order valence-corrected chi connectivity index (χ1v) is 7.87. The summed E-state index contributed by atoms with van der Waals surface area (Å²) in [7, 11) is -9.95. The van der Waals surface area contributed by atoms with Crippen molar-refractivity contribution in [3.63, 3.8) is 0 Å². The molecule has 0 aliphatic heterocycles. The van der Waals surface area contributed by atoms with Gasteiger partial charge in [0.15, 0.2) is 0 Å². The van der Waals surface area contributed by atoms with Crippen molar-refractivity contribution in [3.05, 3.63) is 24.3 Å². The van der Waals surface area contributed by atoms with Gasteiger partial charge in [-0.15, -0.1) is 0 Å². The minimum atomic E-state index is -4.99. The fourth-order valence-electron chi connectivity index (χ4n) is 1.77. The Kier molecular flexibility index (Phi) is 7.38. The van der Waals surface area contributed by atoms with E-state index in [0.29, 0.717) is 6.07 Å². The first-order valence-electron chi connectivity index (χ1n) is 5.05. The summed E-state index contributed by atoms with van der Waals surface area (Å²) in [5.41, 5.74) is 11.1. The molecule has 12 heteroatoms. The van der Waals surface area contributed by atoms with Crippen LogP contribution in [0.3, 0.4) is 0 Å². The van der Waals surface area contributed by atoms with Gasteiger partial charge in [-0.05, 0) is 18.2 Å². The molecule has 8 nitrogen and oxygen atoms in total. The smallest absolute Gasteiger partial charge is 0.744 e. The number of fused-ring (bicyclic) bond motifs is 1. The number of rotatable bonds is 2. The summed E-state index contributed by atoms with van der Waals surface area (Å²) in [6.07, 6.45) is 0. The summed E-state index contributed by atoms with van der Waals surface area (Å²) >= 11 is 0. The van der Waals surface area contributed by atoms with E-state index in [0.717, 1.165) is 6.07 Å². The molecule has 0 aromatic heterocycles. The first-order chi connectivity index (χ1) is 9.01. The maximum atomic E-state index is 11.2. The molecule has 0 amide bonds. The monoisotopic (exact) mass is 362 g/mol. The third kappa shape index (κ3) is 4.35. The Bertz CT molecular complexity index is 928. The molecule has 108 valence electrons. The topological polar surface area (TPSA) is 166 Å². The molecule has 0 radical (unpaired) electrons. The van der Waals surface area contributed by atoms with E-state index in [2.05, 4.69) is 0 Å². The van der Waals surface area contributed by atoms with Gasteiger partial charge < -0.3 is 20.6 Å². The van der Waals surface area contributed by atoms with Gasteiger partial charge in [-0.2, -0.15) is 0 Å². The first kappa shape index (κ1) is 22.1. The largest absolute Gasteiger partial charge is 1.00 e. The van der Waals surface area contributed by atoms with E-state index in [4.69, 9.17) is 11.5 Å². The van der Waals surface area contributed by atoms with E-state index in [1.165, 1.54) is 12.1 Å². The Labute approximate surface area is 171 Å². The minimum Gasteiger partial charge on any atom is -0.744 e. The summed E-state index contributed by atoms with van der Waals surface area (Å²) < 4.78 is 66.7. The zero-order valence-corrected chi connectivity index (χ0v) is 17.4. The molecule has 0 saturated carbocycles. The molecule has 0 unspecified atom stereocenters. The van der Waals surface area contributed by atoms with Crippen molar-refractivity contribution >= 4 is 42.4 Å². The van der Waals surface area contributed by atoms with Crippen LogP contribution in [0.1, 0.15) is 0 Å². The van der Waals surface area contributed by atoms with Crippen molar-refractivity contribution in [1.82, 2.24) is 0 Å². The third-order valence-corrected chi connectivity index (χ3v) is 4.39. The van der Waals surface area contributed by atoms with Gasteiger partial charge in [0.1, 0.15) is 20.2 Å². The molecule has 0 aliphatic carbocycles. The molecule has 0 spiro atoms. The van der Waals surface area contributed by atoms with Crippen LogP contribution < -0.4 is 70.6 Å². The number of hydrogen-bond acceptors (Lipinski definition) is 8. The van der Waals surface area contributed by atoms with E-state index in [1.807, 2.05) is 0 Å². The predicted molar refractivity (Wildman–Crippen MR) is 68.7 cm³/mol. The molecule has 0 saturated heterocycles. The van der Waals surface area contributed by atoms with E-state index in [-0.39, 0.29) is 81.3 Å². The molecule has 0 atom stereocenters. The number of nitrogens with two attached hydrogens (primary N) is 2. The fraction of sp³-hybridized carbons (Fsp3) is 0. The van der Waals surface area contributed by atoms with Crippen molar-refractivity contribution in [3.8, 4) is 0 Å². The standard InChI is InChI=1S/C10H10N2O6S2.2Na/c11-8-2-1-6-7(10(8)12)3-5(19(13,14)15)4-9(6)20(16,17)18;;/h1-4H,11-12H2,(H,13,14,15)(H,16,17,18);;/q;2*+1/p-2. The van der Waals surface area contributed by atoms with Crippen LogP contribution in [0.2, 0.25) is 0 Å². The molecule has 2 aromatic rings. The van der Waals surface area contributed by atoms with Crippen molar-refractivity contribution in [2.45, 2.75) is 9.79 Å². The second-order valence-corrected chi connectivity index (χ2v) is 6.72. The van der Waals surface area contributed by atoms with E-state index >= 15 is 0 Å². The van der Waals surface area contributed by atoms with Crippen molar-refractivity contribution in [2.24, 2.45) is 0 Å². The van der Waals surface area contributed by atoms with E-state index < -0.39 is 30.0 Å². The van der Waals surface area contributed by atoms with Crippen molar-refractivity contribution in [2.75, 3.05) is 11.5 Å². The molecule has 22 heavy (non-hydrogen) atoms. The Morgan fingerprint density at radius 2 is 1.36 bits per heavy atom. The fourth-order valence-corrected chi connectivity index (χ4v) is 3.08. The number of nitrogen functional groups attached to an aromatic ring is 2. The van der Waals surface area contributed by atoms with Crippen LogP contribution in [-0.2, 0) is 20.2 Å². The second kappa shape index (κ2) is 7.34. The quantitative estimate of drug-likeness (QED) is 0.302. The molecular weight excluding hydrogens is 354 g/mol. The Balaban J connectivity index is 0.00000220. The van der Waals surface area contributed by atoms with Crippen LogP contribution in [-0.4, -0.2) is 25.9 Å². The predicted octanol–water partition coefficient (Wildman–Crippen LogP) is -6.18. The minimum absolute atomic E-state index is 0. The van der Waals surface area contributed by atoms with Crippen molar-refractivity contribution in [1.29, 1.82) is 0 Å². The van der Waals surface area contributed by atoms with Gasteiger partial charge in [-0.25, -0.2) is 16.8 Å². The molecule has 4 N–H and O–H groups in total. The second-order valence-electron chi connectivity index (χ2n) is 3.99. The molecule has 0 heterocycles. The zero-order chi connectivity index (χ0) is 15.3. The number of benzene rings is 2. The normalized spacial score (nSPS) is 11.5. The van der Waals surface area contributed by atoms with Crippen molar-refractivity contribution < 1.29 is 85.1 Å². The van der Waals surface area contributed by atoms with Gasteiger partial charge in [0.25, 0.3) is 0 Å². The maximum absolute atomic E-state index is 11.2. The van der Waals surface area contributed by atoms with Crippen LogP contribution in [0, 0.1) is 0 Å². The van der Waals surface area contributed by atoms with Crippen LogP contribution in [0.15, 0.2) is 34.1 Å². The molecule has 0 fully saturated rings. The Hall–Kier alpha value is 0.120. The third-order valence-electron chi connectivity index (χ3n) is 2.70. The average molecular weight is 362 g/mol. The van der Waals surface area contributed by atoms with Gasteiger partial charge in [0.2, 0.25) is 0 Å². The van der Waals surface area contributed by atoms with Gasteiger partial charge in [0, 0.05) is 10.8 Å². The Morgan fingerprint density at radius 3 is 1.82 bits per heavy atom. The SMILES string of the molecule is Nc1ccc2c(S(=O)(=O)[O-])cc(S(=O)(=O)[O-])cc2c1N.[Na+].[Na+]. The summed E-state index contributed by atoms with van der Waals surface area (Å²) in [5, 5.41) is -0.185. The van der Waals surface area contributed by atoms with Crippen LogP contribution >= 0.6 is 0 Å². The molecule has 0 aliphatic rings. The summed E-state index contributed by atoms with van der Waals surface area (Å²) in [5.74, 6) is 0. The van der Waals surface area contributed by atoms with E-state index in [9.17, 15) is 25.9 Å². The number of anilines is 2. The van der Waals surface area contributed by atoms with Gasteiger partial charge in [-0.1, -0.05) is 6.07 Å². The number of hydrogen-bond donors (Lipinski definition) is 2. The van der Waals surface area contributed by atoms with Gasteiger partial charge >= 0.3 is 59.1 Å². The van der Waals surface area contributed by atoms with E-state index in [1.54, 1.807) is 0 Å².